The molecule has 0 spiro atoms. The highest BCUT2D eigenvalue weighted by molar-refractivity contribution is 5.78. The Balaban J connectivity index is 1.45. The second-order valence-electron chi connectivity index (χ2n) is 9.36. The Morgan fingerprint density at radius 1 is 0.886 bits per heavy atom. The standard InChI is InChI=1S/C29H29N3O3/c1-20-11-12-23(21(2)17-20)19-32-26-10-6-5-9-25(26)28(34)31(29(32)35)16-14-27(33)30-15-13-22-7-3-4-8-24(22)18-30/h3-12,17H,13-16,18-19H2,1-2H3. The lowest BCUT2D eigenvalue weighted by Crippen LogP contribution is -2.42. The van der Waals surface area contributed by atoms with Crippen LogP contribution in [-0.4, -0.2) is 26.5 Å². The minimum Gasteiger partial charge on any atom is -0.338 e. The SMILES string of the molecule is Cc1ccc(Cn2c(=O)n(CCC(=O)N3CCc4ccccc4C3)c(=O)c3ccccc32)c(C)c1. The van der Waals surface area contributed by atoms with Crippen LogP contribution in [0.5, 0.6) is 0 Å². The summed E-state index contributed by atoms with van der Waals surface area (Å²) < 4.78 is 2.87. The molecule has 0 N–H and O–H groups in total. The number of amides is 1. The summed E-state index contributed by atoms with van der Waals surface area (Å²) in [5.74, 6) is -0.0418. The molecule has 0 saturated heterocycles. The summed E-state index contributed by atoms with van der Waals surface area (Å²) in [6.07, 6.45) is 0.930. The maximum atomic E-state index is 13.5. The fourth-order valence-electron chi connectivity index (χ4n) is 4.99. The molecule has 1 amide bonds. The summed E-state index contributed by atoms with van der Waals surface area (Å²) in [6.45, 7) is 5.71. The van der Waals surface area contributed by atoms with Gasteiger partial charge in [-0.2, -0.15) is 0 Å². The molecule has 0 atom stereocenters. The highest BCUT2D eigenvalue weighted by Crippen LogP contribution is 2.19. The van der Waals surface area contributed by atoms with Gasteiger partial charge in [-0.25, -0.2) is 4.79 Å². The molecule has 0 radical (unpaired) electrons. The molecule has 0 bridgehead atoms. The van der Waals surface area contributed by atoms with Crippen molar-refractivity contribution < 1.29 is 4.79 Å². The lowest BCUT2D eigenvalue weighted by molar-refractivity contribution is -0.132. The van der Waals surface area contributed by atoms with E-state index < -0.39 is 0 Å². The Labute approximate surface area is 204 Å². The third kappa shape index (κ3) is 4.44. The maximum absolute atomic E-state index is 13.5. The van der Waals surface area contributed by atoms with Crippen molar-refractivity contribution in [2.24, 2.45) is 0 Å². The van der Waals surface area contributed by atoms with E-state index in [9.17, 15) is 14.4 Å². The quantitative estimate of drug-likeness (QED) is 0.449. The van der Waals surface area contributed by atoms with Crippen molar-refractivity contribution in [1.29, 1.82) is 0 Å². The number of carbonyl (C=O) groups is 1. The molecular formula is C29H29N3O3. The van der Waals surface area contributed by atoms with Gasteiger partial charge in [-0.1, -0.05) is 60.2 Å². The Morgan fingerprint density at radius 2 is 1.63 bits per heavy atom. The van der Waals surface area contributed by atoms with Crippen LogP contribution in [0.2, 0.25) is 0 Å². The molecule has 2 heterocycles. The van der Waals surface area contributed by atoms with E-state index in [-0.39, 0.29) is 30.1 Å². The van der Waals surface area contributed by atoms with E-state index in [0.717, 1.165) is 28.7 Å². The van der Waals surface area contributed by atoms with Gasteiger partial charge in [0.05, 0.1) is 17.4 Å². The van der Waals surface area contributed by atoms with Gasteiger partial charge in [0.1, 0.15) is 0 Å². The van der Waals surface area contributed by atoms with E-state index in [2.05, 4.69) is 12.1 Å². The van der Waals surface area contributed by atoms with E-state index in [0.29, 0.717) is 30.5 Å². The average Bonchev–Trinajstić information content (AvgIpc) is 2.87. The van der Waals surface area contributed by atoms with Gasteiger partial charge in [0.15, 0.2) is 0 Å². The number of para-hydroxylation sites is 1. The van der Waals surface area contributed by atoms with Gasteiger partial charge in [0.25, 0.3) is 5.56 Å². The van der Waals surface area contributed by atoms with Crippen molar-refractivity contribution in [1.82, 2.24) is 14.0 Å². The van der Waals surface area contributed by atoms with Crippen molar-refractivity contribution in [3.8, 4) is 0 Å². The molecule has 1 aromatic heterocycles. The van der Waals surface area contributed by atoms with Crippen molar-refractivity contribution >= 4 is 16.8 Å². The summed E-state index contributed by atoms with van der Waals surface area (Å²) in [4.78, 5) is 41.6. The second kappa shape index (κ2) is 9.37. The molecule has 1 aliphatic heterocycles. The fraction of sp³-hybridized carbons (Fsp3) is 0.276. The van der Waals surface area contributed by atoms with Crippen LogP contribution in [0, 0.1) is 13.8 Å². The van der Waals surface area contributed by atoms with Gasteiger partial charge in [0.2, 0.25) is 5.91 Å². The molecule has 6 heteroatoms. The first-order valence-corrected chi connectivity index (χ1v) is 12.1. The molecule has 6 nitrogen and oxygen atoms in total. The lowest BCUT2D eigenvalue weighted by atomic mass is 10.00. The fourth-order valence-corrected chi connectivity index (χ4v) is 4.99. The van der Waals surface area contributed by atoms with Crippen LogP contribution in [0.3, 0.4) is 0 Å². The molecule has 5 rings (SSSR count). The molecule has 0 saturated carbocycles. The predicted molar refractivity (Wildman–Crippen MR) is 138 cm³/mol. The van der Waals surface area contributed by atoms with Crippen molar-refractivity contribution in [3.63, 3.8) is 0 Å². The van der Waals surface area contributed by atoms with E-state index in [1.54, 1.807) is 16.7 Å². The molecule has 178 valence electrons. The van der Waals surface area contributed by atoms with Crippen molar-refractivity contribution in [3.05, 3.63) is 115 Å². The highest BCUT2D eigenvalue weighted by Gasteiger charge is 2.21. The first kappa shape index (κ1) is 22.8. The normalized spacial score (nSPS) is 13.1. The summed E-state index contributed by atoms with van der Waals surface area (Å²) in [5, 5.41) is 0.483. The van der Waals surface area contributed by atoms with Gasteiger partial charge in [-0.05, 0) is 54.7 Å². The minimum absolute atomic E-state index is 0.0418. The Bertz CT molecular complexity index is 1550. The van der Waals surface area contributed by atoms with Crippen LogP contribution in [0.25, 0.3) is 10.9 Å². The zero-order valence-corrected chi connectivity index (χ0v) is 20.2. The maximum Gasteiger partial charge on any atom is 0.331 e. The molecule has 1 aliphatic rings. The largest absolute Gasteiger partial charge is 0.338 e. The van der Waals surface area contributed by atoms with E-state index in [1.807, 2.05) is 61.2 Å². The number of aromatic nitrogens is 2. The van der Waals surface area contributed by atoms with Crippen LogP contribution >= 0.6 is 0 Å². The Kier molecular flexibility index (Phi) is 6.12. The number of rotatable bonds is 5. The van der Waals surface area contributed by atoms with Gasteiger partial charge in [0, 0.05) is 26.1 Å². The number of aryl methyl sites for hydroxylation is 2. The number of fused-ring (bicyclic) bond motifs is 2. The van der Waals surface area contributed by atoms with E-state index in [4.69, 9.17) is 0 Å². The first-order chi connectivity index (χ1) is 16.9. The minimum atomic E-state index is -0.384. The number of benzene rings is 3. The van der Waals surface area contributed by atoms with E-state index >= 15 is 0 Å². The van der Waals surface area contributed by atoms with Gasteiger partial charge in [-0.3, -0.25) is 18.7 Å². The van der Waals surface area contributed by atoms with Gasteiger partial charge < -0.3 is 4.90 Å². The number of hydrogen-bond acceptors (Lipinski definition) is 3. The topological polar surface area (TPSA) is 64.3 Å². The smallest absolute Gasteiger partial charge is 0.331 e. The number of nitrogens with zero attached hydrogens (tertiary/aromatic N) is 3. The molecule has 4 aromatic rings. The lowest BCUT2D eigenvalue weighted by Gasteiger charge is -2.29. The van der Waals surface area contributed by atoms with Crippen LogP contribution in [-0.2, 0) is 30.8 Å². The number of carbonyl (C=O) groups excluding carboxylic acids is 1. The zero-order chi connectivity index (χ0) is 24.5. The summed E-state index contributed by atoms with van der Waals surface area (Å²) in [7, 11) is 0. The van der Waals surface area contributed by atoms with Crippen LogP contribution < -0.4 is 11.2 Å². The van der Waals surface area contributed by atoms with Gasteiger partial charge in [-0.15, -0.1) is 0 Å². The van der Waals surface area contributed by atoms with Crippen LogP contribution in [0.4, 0.5) is 0 Å². The summed E-state index contributed by atoms with van der Waals surface area (Å²) >= 11 is 0. The monoisotopic (exact) mass is 467 g/mol. The highest BCUT2D eigenvalue weighted by atomic mass is 16.2. The predicted octanol–water partition coefficient (Wildman–Crippen LogP) is 3.80. The molecule has 0 unspecified atom stereocenters. The molecule has 0 fully saturated rings. The Morgan fingerprint density at radius 3 is 2.43 bits per heavy atom. The van der Waals surface area contributed by atoms with Crippen LogP contribution in [0.15, 0.2) is 76.3 Å². The van der Waals surface area contributed by atoms with Crippen LogP contribution in [0.1, 0.15) is 34.2 Å². The zero-order valence-electron chi connectivity index (χ0n) is 20.2. The molecule has 0 aliphatic carbocycles. The van der Waals surface area contributed by atoms with Gasteiger partial charge >= 0.3 is 5.69 Å². The van der Waals surface area contributed by atoms with Crippen molar-refractivity contribution in [2.75, 3.05) is 6.54 Å². The molecular weight excluding hydrogens is 438 g/mol. The third-order valence-corrected chi connectivity index (χ3v) is 6.99. The average molecular weight is 468 g/mol. The molecule has 3 aromatic carbocycles. The Hall–Kier alpha value is -3.93. The third-order valence-electron chi connectivity index (χ3n) is 6.99. The van der Waals surface area contributed by atoms with Crippen molar-refractivity contribution in [2.45, 2.75) is 46.3 Å². The first-order valence-electron chi connectivity index (χ1n) is 12.1. The molecule has 35 heavy (non-hydrogen) atoms. The second-order valence-corrected chi connectivity index (χ2v) is 9.36. The number of hydrogen-bond donors (Lipinski definition) is 0. The summed E-state index contributed by atoms with van der Waals surface area (Å²) in [5.41, 5.74) is 5.59. The summed E-state index contributed by atoms with van der Waals surface area (Å²) in [6, 6.07) is 21.5. The van der Waals surface area contributed by atoms with E-state index in [1.165, 1.54) is 10.1 Å².